The zero-order valence-corrected chi connectivity index (χ0v) is 27.1. The molecule has 8 nitrogen and oxygen atoms in total. The van der Waals surface area contributed by atoms with Crippen molar-refractivity contribution < 1.29 is 23.9 Å². The van der Waals surface area contributed by atoms with E-state index in [1.54, 1.807) is 63.1 Å². The first-order chi connectivity index (χ1) is 20.4. The molecule has 0 aromatic heterocycles. The highest BCUT2D eigenvalue weighted by atomic mass is 16.6. The number of unbranched alkanes of at least 4 members (excludes halogenated alkanes) is 4. The number of amides is 3. The van der Waals surface area contributed by atoms with Gasteiger partial charge in [0.25, 0.3) is 5.91 Å². The van der Waals surface area contributed by atoms with E-state index in [4.69, 9.17) is 9.47 Å². The van der Waals surface area contributed by atoms with Crippen LogP contribution < -0.4 is 15.4 Å². The van der Waals surface area contributed by atoms with E-state index in [9.17, 15) is 14.4 Å². The zero-order valence-electron chi connectivity index (χ0n) is 27.1. The average Bonchev–Trinajstić information content (AvgIpc) is 2.95. The standard InChI is InChI=1S/C35H51N3O5/c1-9-11-12-13-14-22-38(33(40)30(23-25(3)4)37-34(41)43-35(5,6)7)31(27-17-15-16-26(10-2)24-27)32(39)36-28-18-20-29(42-8)21-19-28/h10,15-21,24-25,30-31H,2,9,11-14,22-23H2,1,3-8H3,(H,36,39)(H,37,41). The van der Waals surface area contributed by atoms with Crippen LogP contribution in [-0.4, -0.2) is 48.1 Å². The van der Waals surface area contributed by atoms with E-state index in [1.807, 2.05) is 38.1 Å². The second-order valence-corrected chi connectivity index (χ2v) is 12.3. The van der Waals surface area contributed by atoms with Crippen molar-refractivity contribution in [2.45, 2.75) is 97.8 Å². The van der Waals surface area contributed by atoms with Crippen LogP contribution in [0.4, 0.5) is 10.5 Å². The topological polar surface area (TPSA) is 97.0 Å². The van der Waals surface area contributed by atoms with E-state index in [2.05, 4.69) is 24.1 Å². The lowest BCUT2D eigenvalue weighted by Crippen LogP contribution is -2.53. The lowest BCUT2D eigenvalue weighted by molar-refractivity contribution is -0.141. The number of hydrogen-bond donors (Lipinski definition) is 2. The number of rotatable bonds is 16. The molecule has 3 amide bonds. The molecule has 2 N–H and O–H groups in total. The molecule has 0 saturated carbocycles. The van der Waals surface area contributed by atoms with Crippen molar-refractivity contribution in [3.8, 4) is 5.75 Å². The number of carbonyl (C=O) groups is 3. The van der Waals surface area contributed by atoms with Gasteiger partial charge < -0.3 is 25.0 Å². The summed E-state index contributed by atoms with van der Waals surface area (Å²) >= 11 is 0. The molecule has 8 heteroatoms. The molecule has 0 spiro atoms. The van der Waals surface area contributed by atoms with Crippen LogP contribution in [0.1, 0.15) is 97.2 Å². The largest absolute Gasteiger partial charge is 0.497 e. The third kappa shape index (κ3) is 12.1. The first kappa shape index (κ1) is 35.4. The van der Waals surface area contributed by atoms with Crippen molar-refractivity contribution in [3.05, 3.63) is 66.2 Å². The van der Waals surface area contributed by atoms with Gasteiger partial charge >= 0.3 is 6.09 Å². The summed E-state index contributed by atoms with van der Waals surface area (Å²) in [5, 5.41) is 5.81. The van der Waals surface area contributed by atoms with Crippen LogP contribution in [0.2, 0.25) is 0 Å². The third-order valence-corrected chi connectivity index (χ3v) is 6.86. The zero-order chi connectivity index (χ0) is 32.0. The Morgan fingerprint density at radius 3 is 2.26 bits per heavy atom. The van der Waals surface area contributed by atoms with Gasteiger partial charge in [0.2, 0.25) is 5.91 Å². The minimum Gasteiger partial charge on any atom is -0.497 e. The lowest BCUT2D eigenvalue weighted by atomic mass is 9.97. The molecule has 2 unspecified atom stereocenters. The number of alkyl carbamates (subject to hydrolysis) is 1. The van der Waals surface area contributed by atoms with E-state index in [0.717, 1.165) is 37.7 Å². The van der Waals surface area contributed by atoms with Crippen molar-refractivity contribution in [1.29, 1.82) is 0 Å². The molecular formula is C35H51N3O5. The van der Waals surface area contributed by atoms with Crippen LogP contribution in [0.25, 0.3) is 6.08 Å². The molecule has 0 aliphatic heterocycles. The van der Waals surface area contributed by atoms with Crippen LogP contribution in [0.15, 0.2) is 55.1 Å². The highest BCUT2D eigenvalue weighted by Gasteiger charge is 2.36. The number of nitrogens with zero attached hydrogens (tertiary/aromatic N) is 1. The van der Waals surface area contributed by atoms with E-state index in [1.165, 1.54) is 0 Å². The summed E-state index contributed by atoms with van der Waals surface area (Å²) < 4.78 is 10.8. The van der Waals surface area contributed by atoms with E-state index in [0.29, 0.717) is 30.0 Å². The van der Waals surface area contributed by atoms with Gasteiger partial charge in [-0.05, 0) is 81.0 Å². The molecule has 0 radical (unpaired) electrons. The van der Waals surface area contributed by atoms with Gasteiger partial charge in [-0.2, -0.15) is 0 Å². The van der Waals surface area contributed by atoms with Gasteiger partial charge in [-0.25, -0.2) is 4.79 Å². The molecule has 0 aliphatic carbocycles. The number of ether oxygens (including phenoxy) is 2. The number of hydrogen-bond acceptors (Lipinski definition) is 5. The van der Waals surface area contributed by atoms with Crippen LogP contribution in [0, 0.1) is 5.92 Å². The average molecular weight is 594 g/mol. The highest BCUT2D eigenvalue weighted by Crippen LogP contribution is 2.28. The molecule has 0 heterocycles. The van der Waals surface area contributed by atoms with E-state index in [-0.39, 0.29) is 17.7 Å². The van der Waals surface area contributed by atoms with E-state index < -0.39 is 23.8 Å². The van der Waals surface area contributed by atoms with Crippen molar-refractivity contribution >= 4 is 29.7 Å². The number of benzene rings is 2. The number of carbonyl (C=O) groups excluding carboxylic acids is 3. The Morgan fingerprint density at radius 1 is 1.00 bits per heavy atom. The fourth-order valence-electron chi connectivity index (χ4n) is 4.81. The summed E-state index contributed by atoms with van der Waals surface area (Å²) in [7, 11) is 1.58. The monoisotopic (exact) mass is 593 g/mol. The van der Waals surface area contributed by atoms with Crippen LogP contribution >= 0.6 is 0 Å². The van der Waals surface area contributed by atoms with Gasteiger partial charge in [0.15, 0.2) is 0 Å². The predicted molar refractivity (Wildman–Crippen MR) is 174 cm³/mol. The molecule has 2 rings (SSSR count). The quantitative estimate of drug-likeness (QED) is 0.194. The summed E-state index contributed by atoms with van der Waals surface area (Å²) in [6.07, 6.45) is 6.33. The van der Waals surface area contributed by atoms with E-state index >= 15 is 0 Å². The van der Waals surface area contributed by atoms with Gasteiger partial charge in [0.1, 0.15) is 23.4 Å². The van der Waals surface area contributed by atoms with Crippen molar-refractivity contribution in [3.63, 3.8) is 0 Å². The molecule has 0 saturated heterocycles. The Bertz CT molecular complexity index is 1190. The Labute approximate surface area is 258 Å². The second-order valence-electron chi connectivity index (χ2n) is 12.3. The molecular weight excluding hydrogens is 542 g/mol. The minimum absolute atomic E-state index is 0.103. The maximum absolute atomic E-state index is 14.4. The Balaban J connectivity index is 2.56. The molecule has 2 aromatic carbocycles. The Morgan fingerprint density at radius 2 is 1.67 bits per heavy atom. The first-order valence-corrected chi connectivity index (χ1v) is 15.4. The Kier molecular flexibility index (Phi) is 14.3. The second kappa shape index (κ2) is 17.3. The van der Waals surface area contributed by atoms with Crippen molar-refractivity contribution in [2.75, 3.05) is 19.0 Å². The van der Waals surface area contributed by atoms with Gasteiger partial charge in [-0.15, -0.1) is 0 Å². The van der Waals surface area contributed by atoms with Gasteiger partial charge in [0.05, 0.1) is 7.11 Å². The maximum atomic E-state index is 14.4. The molecule has 0 aliphatic rings. The SMILES string of the molecule is C=Cc1cccc(C(C(=O)Nc2ccc(OC)cc2)N(CCCCCCC)C(=O)C(CC(C)C)NC(=O)OC(C)(C)C)c1. The first-order valence-electron chi connectivity index (χ1n) is 15.4. The van der Waals surface area contributed by atoms with Crippen LogP contribution in [-0.2, 0) is 14.3 Å². The van der Waals surface area contributed by atoms with Gasteiger partial charge in [-0.1, -0.05) is 77.3 Å². The summed E-state index contributed by atoms with van der Waals surface area (Å²) in [5.41, 5.74) is 1.35. The molecule has 2 aromatic rings. The van der Waals surface area contributed by atoms with Crippen LogP contribution in [0.3, 0.4) is 0 Å². The molecule has 43 heavy (non-hydrogen) atoms. The summed E-state index contributed by atoms with van der Waals surface area (Å²) in [6.45, 7) is 15.7. The Hall–Kier alpha value is -3.81. The smallest absolute Gasteiger partial charge is 0.408 e. The normalized spacial score (nSPS) is 12.7. The fraction of sp³-hybridized carbons (Fsp3) is 0.514. The predicted octanol–water partition coefficient (Wildman–Crippen LogP) is 7.76. The summed E-state index contributed by atoms with van der Waals surface area (Å²) in [5.74, 6) is 0.0932. The third-order valence-electron chi connectivity index (χ3n) is 6.86. The maximum Gasteiger partial charge on any atom is 0.408 e. The number of nitrogens with one attached hydrogen (secondary N) is 2. The molecule has 2 atom stereocenters. The van der Waals surface area contributed by atoms with Crippen LogP contribution in [0.5, 0.6) is 5.75 Å². The van der Waals surface area contributed by atoms with Gasteiger partial charge in [0, 0.05) is 12.2 Å². The molecule has 0 fully saturated rings. The lowest BCUT2D eigenvalue weighted by Gasteiger charge is -2.35. The molecule has 0 bridgehead atoms. The summed E-state index contributed by atoms with van der Waals surface area (Å²) in [6, 6.07) is 12.7. The minimum atomic E-state index is -0.948. The number of anilines is 1. The van der Waals surface area contributed by atoms with Gasteiger partial charge in [-0.3, -0.25) is 9.59 Å². The number of methoxy groups -OCH3 is 1. The van der Waals surface area contributed by atoms with Crippen molar-refractivity contribution in [2.24, 2.45) is 5.92 Å². The summed E-state index contributed by atoms with van der Waals surface area (Å²) in [4.78, 5) is 43.1. The molecule has 236 valence electrons. The highest BCUT2D eigenvalue weighted by molar-refractivity contribution is 5.99. The van der Waals surface area contributed by atoms with Crippen molar-refractivity contribution in [1.82, 2.24) is 10.2 Å². The fourth-order valence-corrected chi connectivity index (χ4v) is 4.81.